The molecule has 2 aliphatic rings. The zero-order valence-electron chi connectivity index (χ0n) is 13.3. The van der Waals surface area contributed by atoms with Crippen LogP contribution >= 0.6 is 11.6 Å². The van der Waals surface area contributed by atoms with Gasteiger partial charge in [0.1, 0.15) is 0 Å². The van der Waals surface area contributed by atoms with Crippen molar-refractivity contribution in [2.24, 2.45) is 17.3 Å². The molecule has 0 N–H and O–H groups in total. The van der Waals surface area contributed by atoms with E-state index in [4.69, 9.17) is 11.6 Å². The second-order valence-corrected chi connectivity index (χ2v) is 8.10. The molecule has 2 aliphatic carbocycles. The quantitative estimate of drug-likeness (QED) is 0.702. The van der Waals surface area contributed by atoms with Crippen LogP contribution in [0.3, 0.4) is 0 Å². The fraction of sp³-hybridized carbons (Fsp3) is 0.941. The molecule has 3 heteroatoms. The Morgan fingerprint density at radius 3 is 2.10 bits per heavy atom. The molecule has 0 aromatic carbocycles. The molecule has 20 heavy (non-hydrogen) atoms. The van der Waals surface area contributed by atoms with Crippen molar-refractivity contribution in [3.63, 3.8) is 0 Å². The zero-order chi connectivity index (χ0) is 14.8. The third-order valence-corrected chi connectivity index (χ3v) is 5.59. The van der Waals surface area contributed by atoms with Crippen LogP contribution in [0.4, 0.5) is 0 Å². The molecule has 0 bridgehead atoms. The number of hydrogen-bond donors (Lipinski definition) is 0. The number of rotatable bonds is 4. The Kier molecular flexibility index (Phi) is 5.39. The molecule has 2 rings (SSSR count). The summed E-state index contributed by atoms with van der Waals surface area (Å²) in [4.78, 5) is 14.8. The molecule has 0 aliphatic heterocycles. The molecule has 116 valence electrons. The Labute approximate surface area is 129 Å². The highest BCUT2D eigenvalue weighted by atomic mass is 35.5. The third kappa shape index (κ3) is 3.69. The lowest BCUT2D eigenvalue weighted by Gasteiger charge is -2.42. The van der Waals surface area contributed by atoms with Crippen LogP contribution in [0, 0.1) is 17.3 Å². The van der Waals surface area contributed by atoms with E-state index in [0.717, 1.165) is 25.3 Å². The van der Waals surface area contributed by atoms with Gasteiger partial charge in [0, 0.05) is 24.4 Å². The van der Waals surface area contributed by atoms with Crippen LogP contribution in [0.1, 0.15) is 65.7 Å². The summed E-state index contributed by atoms with van der Waals surface area (Å²) in [7, 11) is 0. The Bertz CT molecular complexity index is 324. The van der Waals surface area contributed by atoms with Crippen molar-refractivity contribution in [1.82, 2.24) is 4.90 Å². The van der Waals surface area contributed by atoms with Crippen LogP contribution in [0.25, 0.3) is 0 Å². The smallest absolute Gasteiger partial charge is 0.225 e. The highest BCUT2D eigenvalue weighted by Crippen LogP contribution is 2.40. The number of carbonyl (C=O) groups is 1. The van der Waals surface area contributed by atoms with Crippen molar-refractivity contribution < 1.29 is 4.79 Å². The van der Waals surface area contributed by atoms with Crippen molar-refractivity contribution in [3.05, 3.63) is 0 Å². The van der Waals surface area contributed by atoms with Crippen molar-refractivity contribution in [3.8, 4) is 0 Å². The molecule has 2 saturated carbocycles. The molecule has 1 amide bonds. The van der Waals surface area contributed by atoms with Crippen molar-refractivity contribution >= 4 is 17.5 Å². The SMILES string of the molecule is CC(C)(C)C1CCC(C(=O)N(CCCl)C2CCC2)CC1. The maximum atomic E-state index is 12.7. The van der Waals surface area contributed by atoms with Gasteiger partial charge in [0.15, 0.2) is 0 Å². The number of alkyl halides is 1. The second-order valence-electron chi connectivity index (χ2n) is 7.72. The molecule has 0 radical (unpaired) electrons. The maximum absolute atomic E-state index is 12.7. The van der Waals surface area contributed by atoms with Crippen LogP contribution in [0.15, 0.2) is 0 Å². The summed E-state index contributed by atoms with van der Waals surface area (Å²) in [6.07, 6.45) is 8.20. The van der Waals surface area contributed by atoms with Crippen LogP contribution in [0.2, 0.25) is 0 Å². The lowest BCUT2D eigenvalue weighted by molar-refractivity contribution is -0.141. The summed E-state index contributed by atoms with van der Waals surface area (Å²) in [5.41, 5.74) is 0.387. The van der Waals surface area contributed by atoms with E-state index in [1.807, 2.05) is 0 Å². The van der Waals surface area contributed by atoms with Gasteiger partial charge < -0.3 is 4.90 Å². The largest absolute Gasteiger partial charge is 0.338 e. The minimum Gasteiger partial charge on any atom is -0.338 e. The first-order valence-corrected chi connectivity index (χ1v) is 8.83. The summed E-state index contributed by atoms with van der Waals surface area (Å²) in [6.45, 7) is 7.72. The first kappa shape index (κ1) is 16.1. The summed E-state index contributed by atoms with van der Waals surface area (Å²) in [5, 5.41) is 0. The van der Waals surface area contributed by atoms with Gasteiger partial charge in [-0.3, -0.25) is 4.79 Å². The molecule has 0 aromatic heterocycles. The fourth-order valence-corrected chi connectivity index (χ4v) is 3.89. The van der Waals surface area contributed by atoms with E-state index in [0.29, 0.717) is 23.2 Å². The molecule has 0 heterocycles. The normalized spacial score (nSPS) is 28.0. The Morgan fingerprint density at radius 2 is 1.70 bits per heavy atom. The maximum Gasteiger partial charge on any atom is 0.225 e. The molecule has 2 nitrogen and oxygen atoms in total. The van der Waals surface area contributed by atoms with Gasteiger partial charge in [-0.25, -0.2) is 0 Å². The Balaban J connectivity index is 1.89. The highest BCUT2D eigenvalue weighted by Gasteiger charge is 2.36. The van der Waals surface area contributed by atoms with E-state index in [9.17, 15) is 4.79 Å². The lowest BCUT2D eigenvalue weighted by atomic mass is 9.69. The van der Waals surface area contributed by atoms with Crippen LogP contribution in [0.5, 0.6) is 0 Å². The van der Waals surface area contributed by atoms with E-state index in [1.54, 1.807) is 0 Å². The molecular formula is C17H30ClNO. The average Bonchev–Trinajstić information content (AvgIpc) is 2.34. The van der Waals surface area contributed by atoms with Gasteiger partial charge in [-0.2, -0.15) is 0 Å². The number of amides is 1. The first-order chi connectivity index (χ1) is 9.43. The third-order valence-electron chi connectivity index (χ3n) is 5.43. The van der Waals surface area contributed by atoms with E-state index < -0.39 is 0 Å². The topological polar surface area (TPSA) is 20.3 Å². The molecule has 0 atom stereocenters. The van der Waals surface area contributed by atoms with Crippen LogP contribution in [-0.2, 0) is 4.79 Å². The number of halogens is 1. The van der Waals surface area contributed by atoms with E-state index in [2.05, 4.69) is 25.7 Å². The van der Waals surface area contributed by atoms with Gasteiger partial charge in [0.05, 0.1) is 0 Å². The monoisotopic (exact) mass is 299 g/mol. The van der Waals surface area contributed by atoms with Gasteiger partial charge >= 0.3 is 0 Å². The summed E-state index contributed by atoms with van der Waals surface area (Å²) in [5.74, 6) is 2.00. The minimum atomic E-state index is 0.261. The van der Waals surface area contributed by atoms with E-state index in [1.165, 1.54) is 32.1 Å². The van der Waals surface area contributed by atoms with Crippen molar-refractivity contribution in [1.29, 1.82) is 0 Å². The van der Waals surface area contributed by atoms with Gasteiger partial charge in [-0.05, 0) is 56.3 Å². The molecule has 0 unspecified atom stereocenters. The molecule has 0 saturated heterocycles. The predicted molar refractivity (Wildman–Crippen MR) is 85.0 cm³/mol. The van der Waals surface area contributed by atoms with Gasteiger partial charge in [-0.1, -0.05) is 20.8 Å². The van der Waals surface area contributed by atoms with Gasteiger partial charge in [0.25, 0.3) is 0 Å². The Morgan fingerprint density at radius 1 is 1.10 bits per heavy atom. The molecule has 0 spiro atoms. The summed E-state index contributed by atoms with van der Waals surface area (Å²) in [6, 6.07) is 0.488. The summed E-state index contributed by atoms with van der Waals surface area (Å²) < 4.78 is 0. The zero-order valence-corrected chi connectivity index (χ0v) is 14.1. The van der Waals surface area contributed by atoms with Crippen LogP contribution in [-0.4, -0.2) is 29.3 Å². The molecular weight excluding hydrogens is 270 g/mol. The average molecular weight is 300 g/mol. The van der Waals surface area contributed by atoms with Crippen molar-refractivity contribution in [2.45, 2.75) is 71.8 Å². The number of carbonyl (C=O) groups excluding carboxylic acids is 1. The Hall–Kier alpha value is -0.240. The highest BCUT2D eigenvalue weighted by molar-refractivity contribution is 6.18. The second kappa shape index (κ2) is 6.68. The fourth-order valence-electron chi connectivity index (χ4n) is 3.70. The van der Waals surface area contributed by atoms with Gasteiger partial charge in [0.2, 0.25) is 5.91 Å². The lowest BCUT2D eigenvalue weighted by Crippen LogP contribution is -2.48. The minimum absolute atomic E-state index is 0.261. The van der Waals surface area contributed by atoms with Crippen LogP contribution < -0.4 is 0 Å². The summed E-state index contributed by atoms with van der Waals surface area (Å²) >= 11 is 5.89. The van der Waals surface area contributed by atoms with E-state index in [-0.39, 0.29) is 5.92 Å². The standard InChI is InChI=1S/C17H30ClNO/c1-17(2,3)14-9-7-13(8-10-14)16(20)19(12-11-18)15-5-4-6-15/h13-15H,4-12H2,1-3H3. The molecule has 2 fully saturated rings. The first-order valence-electron chi connectivity index (χ1n) is 8.30. The van der Waals surface area contributed by atoms with Gasteiger partial charge in [-0.15, -0.1) is 11.6 Å². The number of hydrogen-bond acceptors (Lipinski definition) is 1. The predicted octanol–water partition coefficient (Wildman–Crippen LogP) is 4.46. The molecule has 0 aromatic rings. The van der Waals surface area contributed by atoms with Crippen molar-refractivity contribution in [2.75, 3.05) is 12.4 Å². The van der Waals surface area contributed by atoms with E-state index >= 15 is 0 Å². The number of nitrogens with zero attached hydrogens (tertiary/aromatic N) is 1.